The highest BCUT2D eigenvalue weighted by atomic mass is 15.3. The van der Waals surface area contributed by atoms with Gasteiger partial charge in [0, 0.05) is 19.0 Å². The number of fused-ring (bicyclic) bond motifs is 1. The lowest BCUT2D eigenvalue weighted by Gasteiger charge is -2.14. The summed E-state index contributed by atoms with van der Waals surface area (Å²) < 4.78 is 1.88. The van der Waals surface area contributed by atoms with E-state index in [1.54, 1.807) is 0 Å². The van der Waals surface area contributed by atoms with Gasteiger partial charge in [-0.1, -0.05) is 6.92 Å². The Labute approximate surface area is 113 Å². The van der Waals surface area contributed by atoms with Gasteiger partial charge >= 0.3 is 0 Å². The summed E-state index contributed by atoms with van der Waals surface area (Å²) in [4.78, 5) is 9.46. The van der Waals surface area contributed by atoms with Gasteiger partial charge in [-0.25, -0.2) is 9.97 Å². The number of aryl methyl sites for hydroxylation is 2. The average molecular weight is 259 g/mol. The summed E-state index contributed by atoms with van der Waals surface area (Å²) in [6.07, 6.45) is 3.50. The van der Waals surface area contributed by atoms with Crippen molar-refractivity contribution in [2.45, 2.75) is 52.0 Å². The van der Waals surface area contributed by atoms with Crippen LogP contribution in [0.1, 0.15) is 50.5 Å². The fourth-order valence-corrected chi connectivity index (χ4v) is 2.31. The van der Waals surface area contributed by atoms with Gasteiger partial charge in [0.25, 0.3) is 0 Å². The van der Waals surface area contributed by atoms with Crippen molar-refractivity contribution in [1.29, 1.82) is 0 Å². The van der Waals surface area contributed by atoms with Crippen LogP contribution < -0.4 is 5.32 Å². The molecule has 1 atom stereocenters. The predicted molar refractivity (Wildman–Crippen MR) is 76.4 cm³/mol. The molecule has 1 N–H and O–H groups in total. The molecule has 0 amide bonds. The summed E-state index contributed by atoms with van der Waals surface area (Å²) in [6, 6.07) is 0.403. The first-order chi connectivity index (χ1) is 9.10. The van der Waals surface area contributed by atoms with E-state index < -0.39 is 0 Å². The van der Waals surface area contributed by atoms with E-state index in [4.69, 9.17) is 9.97 Å². The molecule has 0 spiro atoms. The molecule has 0 aromatic carbocycles. The van der Waals surface area contributed by atoms with Gasteiger partial charge in [0.2, 0.25) is 0 Å². The van der Waals surface area contributed by atoms with Gasteiger partial charge in [-0.15, -0.1) is 0 Å². The molecule has 19 heavy (non-hydrogen) atoms. The zero-order valence-electron chi connectivity index (χ0n) is 12.1. The summed E-state index contributed by atoms with van der Waals surface area (Å²) in [5, 5.41) is 7.98. The van der Waals surface area contributed by atoms with Crippen LogP contribution in [-0.4, -0.2) is 25.8 Å². The third-order valence-electron chi connectivity index (χ3n) is 3.81. The van der Waals surface area contributed by atoms with Crippen molar-refractivity contribution in [3.63, 3.8) is 0 Å². The van der Waals surface area contributed by atoms with E-state index in [0.29, 0.717) is 12.0 Å². The summed E-state index contributed by atoms with van der Waals surface area (Å²) in [5.74, 6) is 2.47. The Morgan fingerprint density at radius 2 is 2.11 bits per heavy atom. The molecule has 2 aromatic rings. The number of nitrogens with one attached hydrogen (secondary N) is 1. The van der Waals surface area contributed by atoms with E-state index in [-0.39, 0.29) is 0 Å². The van der Waals surface area contributed by atoms with Crippen molar-refractivity contribution < 1.29 is 0 Å². The van der Waals surface area contributed by atoms with E-state index in [1.165, 1.54) is 12.8 Å². The van der Waals surface area contributed by atoms with Gasteiger partial charge in [0.05, 0.1) is 5.69 Å². The van der Waals surface area contributed by atoms with Crippen LogP contribution in [0.3, 0.4) is 0 Å². The standard InChI is InChI=1S/C14H21N5/c1-5-8(2)15-14-12-11(9(3)18-19(12)4)16-13(17-14)10-6-7-10/h8,10H,5-7H2,1-4H3,(H,15,16,17)/t8-/m1/s1. The Morgan fingerprint density at radius 3 is 2.74 bits per heavy atom. The maximum atomic E-state index is 4.74. The monoisotopic (exact) mass is 259 g/mol. The molecule has 5 nitrogen and oxygen atoms in total. The minimum Gasteiger partial charge on any atom is -0.366 e. The number of aromatic nitrogens is 4. The zero-order valence-corrected chi connectivity index (χ0v) is 12.1. The number of anilines is 1. The first-order valence-electron chi connectivity index (χ1n) is 7.08. The molecular weight excluding hydrogens is 238 g/mol. The molecule has 0 unspecified atom stereocenters. The SMILES string of the molecule is CC[C@@H](C)Nc1nc(C2CC2)nc2c(C)nn(C)c12. The minimum atomic E-state index is 0.403. The number of nitrogens with zero attached hydrogens (tertiary/aromatic N) is 4. The van der Waals surface area contributed by atoms with E-state index >= 15 is 0 Å². The van der Waals surface area contributed by atoms with Crippen molar-refractivity contribution in [3.8, 4) is 0 Å². The van der Waals surface area contributed by atoms with Gasteiger partial charge in [0.1, 0.15) is 16.9 Å². The van der Waals surface area contributed by atoms with E-state index in [1.807, 2.05) is 18.7 Å². The Kier molecular flexibility index (Phi) is 2.92. The molecule has 0 saturated heterocycles. The Morgan fingerprint density at radius 1 is 1.37 bits per heavy atom. The van der Waals surface area contributed by atoms with E-state index in [0.717, 1.165) is 34.8 Å². The highest BCUT2D eigenvalue weighted by molar-refractivity contribution is 5.87. The van der Waals surface area contributed by atoms with Crippen LogP contribution in [0.4, 0.5) is 5.82 Å². The quantitative estimate of drug-likeness (QED) is 0.917. The molecule has 1 aliphatic carbocycles. The largest absolute Gasteiger partial charge is 0.366 e. The molecule has 1 fully saturated rings. The zero-order chi connectivity index (χ0) is 13.6. The third kappa shape index (κ3) is 2.17. The molecule has 2 heterocycles. The van der Waals surface area contributed by atoms with Gasteiger partial charge in [-0.05, 0) is 33.1 Å². The predicted octanol–water partition coefficient (Wildman–Crippen LogP) is 2.76. The van der Waals surface area contributed by atoms with Crippen LogP contribution in [0.2, 0.25) is 0 Å². The summed E-state index contributed by atoms with van der Waals surface area (Å²) in [5.41, 5.74) is 2.99. The van der Waals surface area contributed by atoms with Gasteiger partial charge in [0.15, 0.2) is 5.82 Å². The molecule has 0 bridgehead atoms. The number of rotatable bonds is 4. The lowest BCUT2D eigenvalue weighted by atomic mass is 10.2. The van der Waals surface area contributed by atoms with Crippen LogP contribution >= 0.6 is 0 Å². The van der Waals surface area contributed by atoms with Crippen molar-refractivity contribution in [1.82, 2.24) is 19.7 Å². The second-order valence-electron chi connectivity index (χ2n) is 5.56. The smallest absolute Gasteiger partial charge is 0.156 e. The third-order valence-corrected chi connectivity index (χ3v) is 3.81. The molecule has 102 valence electrons. The molecule has 5 heteroatoms. The molecule has 1 aliphatic rings. The van der Waals surface area contributed by atoms with Crippen molar-refractivity contribution in [2.24, 2.45) is 7.05 Å². The second-order valence-corrected chi connectivity index (χ2v) is 5.56. The van der Waals surface area contributed by atoms with Crippen LogP contribution in [0.5, 0.6) is 0 Å². The first kappa shape index (κ1) is 12.4. The summed E-state index contributed by atoms with van der Waals surface area (Å²) >= 11 is 0. The van der Waals surface area contributed by atoms with Crippen molar-refractivity contribution in [2.75, 3.05) is 5.32 Å². The molecule has 0 radical (unpaired) electrons. The lowest BCUT2D eigenvalue weighted by Crippen LogP contribution is -2.16. The average Bonchev–Trinajstić information content (AvgIpc) is 3.17. The highest BCUT2D eigenvalue weighted by Crippen LogP contribution is 2.39. The first-order valence-corrected chi connectivity index (χ1v) is 7.08. The van der Waals surface area contributed by atoms with Gasteiger partial charge < -0.3 is 5.32 Å². The summed E-state index contributed by atoms with van der Waals surface area (Å²) in [6.45, 7) is 6.36. The maximum absolute atomic E-state index is 4.74. The molecular formula is C14H21N5. The Balaban J connectivity index is 2.15. The van der Waals surface area contributed by atoms with Crippen molar-refractivity contribution >= 4 is 16.9 Å². The molecule has 0 aliphatic heterocycles. The maximum Gasteiger partial charge on any atom is 0.156 e. The Hall–Kier alpha value is -1.65. The van der Waals surface area contributed by atoms with Crippen molar-refractivity contribution in [3.05, 3.63) is 11.5 Å². The topological polar surface area (TPSA) is 55.6 Å². The van der Waals surface area contributed by atoms with Crippen LogP contribution in [0.15, 0.2) is 0 Å². The summed E-state index contributed by atoms with van der Waals surface area (Å²) in [7, 11) is 1.96. The van der Waals surface area contributed by atoms with Crippen LogP contribution in [0.25, 0.3) is 11.0 Å². The minimum absolute atomic E-state index is 0.403. The van der Waals surface area contributed by atoms with Gasteiger partial charge in [-0.2, -0.15) is 5.10 Å². The number of hydrogen-bond acceptors (Lipinski definition) is 4. The van der Waals surface area contributed by atoms with E-state index in [2.05, 4.69) is 24.3 Å². The van der Waals surface area contributed by atoms with Crippen LogP contribution in [0, 0.1) is 6.92 Å². The normalized spacial score (nSPS) is 16.8. The molecule has 3 rings (SSSR count). The lowest BCUT2D eigenvalue weighted by molar-refractivity contribution is 0.749. The number of hydrogen-bond donors (Lipinski definition) is 1. The fraction of sp³-hybridized carbons (Fsp3) is 0.643. The van der Waals surface area contributed by atoms with Crippen LogP contribution in [-0.2, 0) is 7.05 Å². The van der Waals surface area contributed by atoms with Gasteiger partial charge in [-0.3, -0.25) is 4.68 Å². The van der Waals surface area contributed by atoms with E-state index in [9.17, 15) is 0 Å². The molecule has 1 saturated carbocycles. The fourth-order valence-electron chi connectivity index (χ4n) is 2.31. The molecule has 2 aromatic heterocycles. The Bertz CT molecular complexity index is 612. The second kappa shape index (κ2) is 4.47. The highest BCUT2D eigenvalue weighted by Gasteiger charge is 2.28.